The number of carbonyl (C=O) groups excluding carboxylic acids is 1. The number of carboxylic acid groups (broad SMARTS) is 1. The molecule has 98 valence electrons. The molecule has 1 saturated carbocycles. The molecule has 0 aliphatic heterocycles. The third kappa shape index (κ3) is 4.20. The lowest BCUT2D eigenvalue weighted by atomic mass is 9.96. The number of thioether (sulfide) groups is 1. The molecule has 0 aromatic heterocycles. The van der Waals surface area contributed by atoms with Gasteiger partial charge in [0.1, 0.15) is 5.54 Å². The first-order valence-electron chi connectivity index (χ1n) is 5.61. The Bertz CT molecular complexity index is 293. The molecule has 1 unspecified atom stereocenters. The summed E-state index contributed by atoms with van der Waals surface area (Å²) in [6, 6.07) is 0. The van der Waals surface area contributed by atoms with Crippen molar-refractivity contribution in [3.05, 3.63) is 0 Å². The molecule has 0 spiro atoms. The Hall–Kier alpha value is -0.750. The predicted molar refractivity (Wildman–Crippen MR) is 66.1 cm³/mol. The molecule has 6 heteroatoms. The van der Waals surface area contributed by atoms with Gasteiger partial charge in [0.05, 0.1) is 12.4 Å². The van der Waals surface area contributed by atoms with Crippen LogP contribution in [0.5, 0.6) is 0 Å². The molecule has 1 aliphatic rings. The Morgan fingerprint density at radius 2 is 2.18 bits per heavy atom. The Balaban J connectivity index is 2.35. The summed E-state index contributed by atoms with van der Waals surface area (Å²) in [6.07, 6.45) is 1.75. The molecule has 17 heavy (non-hydrogen) atoms. The smallest absolute Gasteiger partial charge is 0.329 e. The minimum Gasteiger partial charge on any atom is -0.480 e. The summed E-state index contributed by atoms with van der Waals surface area (Å²) in [7, 11) is 1.61. The van der Waals surface area contributed by atoms with Gasteiger partial charge in [-0.05, 0) is 25.7 Å². The van der Waals surface area contributed by atoms with Crippen LogP contribution in [0, 0.1) is 5.92 Å². The first-order chi connectivity index (χ1) is 8.00. The highest BCUT2D eigenvalue weighted by Crippen LogP contribution is 2.39. The molecule has 0 saturated heterocycles. The lowest BCUT2D eigenvalue weighted by Gasteiger charge is -2.26. The summed E-state index contributed by atoms with van der Waals surface area (Å²) in [4.78, 5) is 22.8. The Kier molecular flexibility index (Phi) is 5.27. The van der Waals surface area contributed by atoms with Crippen LogP contribution in [0.1, 0.15) is 19.8 Å². The van der Waals surface area contributed by atoms with Gasteiger partial charge in [-0.2, -0.15) is 0 Å². The van der Waals surface area contributed by atoms with Crippen LogP contribution >= 0.6 is 11.8 Å². The highest BCUT2D eigenvalue weighted by Gasteiger charge is 2.48. The van der Waals surface area contributed by atoms with Crippen molar-refractivity contribution in [1.82, 2.24) is 5.32 Å². The Morgan fingerprint density at radius 1 is 1.53 bits per heavy atom. The Morgan fingerprint density at radius 3 is 2.65 bits per heavy atom. The number of nitrogens with one attached hydrogen (secondary N) is 1. The fraction of sp³-hybridized carbons (Fsp3) is 0.818. The van der Waals surface area contributed by atoms with Crippen molar-refractivity contribution in [1.29, 1.82) is 0 Å². The van der Waals surface area contributed by atoms with Gasteiger partial charge in [0.15, 0.2) is 0 Å². The number of rotatable bonds is 8. The largest absolute Gasteiger partial charge is 0.480 e. The van der Waals surface area contributed by atoms with Crippen molar-refractivity contribution in [3.8, 4) is 0 Å². The van der Waals surface area contributed by atoms with Crippen LogP contribution in [-0.4, -0.2) is 47.7 Å². The van der Waals surface area contributed by atoms with Crippen LogP contribution in [0.2, 0.25) is 0 Å². The lowest BCUT2D eigenvalue weighted by Crippen LogP contribution is -2.54. The summed E-state index contributed by atoms with van der Waals surface area (Å²) in [5.74, 6) is -0.0816. The molecule has 0 radical (unpaired) electrons. The summed E-state index contributed by atoms with van der Waals surface area (Å²) in [5, 5.41) is 11.8. The van der Waals surface area contributed by atoms with Crippen LogP contribution in [0.25, 0.3) is 0 Å². The second-order valence-electron chi connectivity index (χ2n) is 4.38. The maximum atomic E-state index is 11.6. The van der Waals surface area contributed by atoms with Crippen LogP contribution < -0.4 is 5.32 Å². The van der Waals surface area contributed by atoms with E-state index in [1.54, 1.807) is 14.0 Å². The van der Waals surface area contributed by atoms with Crippen molar-refractivity contribution in [2.24, 2.45) is 5.92 Å². The number of methoxy groups -OCH3 is 1. The molecule has 1 fully saturated rings. The molecule has 0 aromatic carbocycles. The minimum absolute atomic E-state index is 0.0768. The molecule has 2 N–H and O–H groups in total. The van der Waals surface area contributed by atoms with E-state index < -0.39 is 11.5 Å². The van der Waals surface area contributed by atoms with Gasteiger partial charge in [0.25, 0.3) is 0 Å². The zero-order chi connectivity index (χ0) is 12.9. The molecule has 0 aromatic rings. The molecule has 1 atom stereocenters. The van der Waals surface area contributed by atoms with Crippen molar-refractivity contribution in [2.45, 2.75) is 25.3 Å². The zero-order valence-electron chi connectivity index (χ0n) is 10.2. The maximum absolute atomic E-state index is 11.6. The molecule has 5 nitrogen and oxygen atoms in total. The highest BCUT2D eigenvalue weighted by atomic mass is 32.2. The number of hydrogen-bond acceptors (Lipinski definition) is 4. The summed E-state index contributed by atoms with van der Waals surface area (Å²) in [5.41, 5.74) is -1.10. The summed E-state index contributed by atoms with van der Waals surface area (Å²) in [6.45, 7) is 2.18. The monoisotopic (exact) mass is 261 g/mol. The lowest BCUT2D eigenvalue weighted by molar-refractivity contribution is -0.147. The van der Waals surface area contributed by atoms with E-state index in [1.165, 1.54) is 11.8 Å². The van der Waals surface area contributed by atoms with Crippen molar-refractivity contribution in [2.75, 3.05) is 25.2 Å². The van der Waals surface area contributed by atoms with E-state index in [2.05, 4.69) is 5.32 Å². The van der Waals surface area contributed by atoms with E-state index in [0.29, 0.717) is 6.61 Å². The van der Waals surface area contributed by atoms with Gasteiger partial charge in [-0.1, -0.05) is 0 Å². The summed E-state index contributed by atoms with van der Waals surface area (Å²) < 4.78 is 4.86. The van der Waals surface area contributed by atoms with Gasteiger partial charge < -0.3 is 15.2 Å². The average molecular weight is 261 g/mol. The maximum Gasteiger partial charge on any atom is 0.329 e. The number of carboxylic acids is 1. The fourth-order valence-corrected chi connectivity index (χ4v) is 2.31. The van der Waals surface area contributed by atoms with E-state index in [1.807, 2.05) is 0 Å². The molecule has 0 heterocycles. The number of carbonyl (C=O) groups is 2. The molecule has 1 aliphatic carbocycles. The minimum atomic E-state index is -1.10. The van der Waals surface area contributed by atoms with Crippen molar-refractivity contribution in [3.63, 3.8) is 0 Å². The third-order valence-corrected chi connectivity index (χ3v) is 3.82. The second-order valence-corrected chi connectivity index (χ2v) is 5.48. The van der Waals surface area contributed by atoms with Crippen LogP contribution in [0.15, 0.2) is 0 Å². The van der Waals surface area contributed by atoms with Gasteiger partial charge in [-0.15, -0.1) is 11.8 Å². The number of hydrogen-bond donors (Lipinski definition) is 2. The van der Waals surface area contributed by atoms with Gasteiger partial charge in [0.2, 0.25) is 5.91 Å². The van der Waals surface area contributed by atoms with E-state index in [0.717, 1.165) is 18.6 Å². The van der Waals surface area contributed by atoms with E-state index in [4.69, 9.17) is 9.84 Å². The van der Waals surface area contributed by atoms with Crippen molar-refractivity contribution < 1.29 is 19.4 Å². The van der Waals surface area contributed by atoms with E-state index in [-0.39, 0.29) is 17.6 Å². The van der Waals surface area contributed by atoms with E-state index in [9.17, 15) is 9.59 Å². The third-order valence-electron chi connectivity index (χ3n) is 2.90. The number of ether oxygens (including phenoxy) is 1. The zero-order valence-corrected chi connectivity index (χ0v) is 11.0. The fourth-order valence-electron chi connectivity index (χ4n) is 1.62. The molecule has 1 amide bonds. The van der Waals surface area contributed by atoms with Gasteiger partial charge in [-0.25, -0.2) is 4.79 Å². The van der Waals surface area contributed by atoms with Gasteiger partial charge in [0, 0.05) is 12.9 Å². The standard InChI is InChI=1S/C11H19NO4S/c1-11(10(14)15,8-3-4-8)12-9(13)7-17-6-5-16-2/h8H,3-7H2,1-2H3,(H,12,13)(H,14,15). The number of amides is 1. The van der Waals surface area contributed by atoms with Crippen LogP contribution in [0.3, 0.4) is 0 Å². The first kappa shape index (κ1) is 14.3. The molecule has 0 bridgehead atoms. The Labute approximate surface area is 105 Å². The van der Waals surface area contributed by atoms with Crippen molar-refractivity contribution >= 4 is 23.6 Å². The SMILES string of the molecule is COCCSCC(=O)NC(C)(C(=O)O)C1CC1. The van der Waals surface area contributed by atoms with Gasteiger partial charge in [-0.3, -0.25) is 4.79 Å². The quantitative estimate of drug-likeness (QED) is 0.630. The summed E-state index contributed by atoms with van der Waals surface area (Å²) >= 11 is 1.44. The molecule has 1 rings (SSSR count). The molecular weight excluding hydrogens is 242 g/mol. The normalized spacial score (nSPS) is 18.5. The van der Waals surface area contributed by atoms with Crippen LogP contribution in [0.4, 0.5) is 0 Å². The highest BCUT2D eigenvalue weighted by molar-refractivity contribution is 7.99. The van der Waals surface area contributed by atoms with E-state index >= 15 is 0 Å². The predicted octanol–water partition coefficient (Wildman–Crippen LogP) is 0.735. The van der Waals surface area contributed by atoms with Gasteiger partial charge >= 0.3 is 5.97 Å². The number of aliphatic carboxylic acids is 1. The average Bonchev–Trinajstić information content (AvgIpc) is 3.07. The second kappa shape index (κ2) is 6.26. The van der Waals surface area contributed by atoms with Crippen LogP contribution in [-0.2, 0) is 14.3 Å². The first-order valence-corrected chi connectivity index (χ1v) is 6.77. The topological polar surface area (TPSA) is 75.6 Å². The molecular formula is C11H19NO4S.